The highest BCUT2D eigenvalue weighted by molar-refractivity contribution is 5.19. The molecule has 0 atom stereocenters. The van der Waals surface area contributed by atoms with Crippen LogP contribution in [0.4, 0.5) is 6.01 Å². The van der Waals surface area contributed by atoms with Crippen LogP contribution in [0.5, 0.6) is 0 Å². The molecule has 60 valence electrons. The molecule has 4 nitrogen and oxygen atoms in total. The van der Waals surface area contributed by atoms with E-state index in [9.17, 15) is 0 Å². The average molecular weight is 153 g/mol. The first-order valence-corrected chi connectivity index (χ1v) is 3.97. The molecule has 2 rings (SSSR count). The van der Waals surface area contributed by atoms with Gasteiger partial charge in [0.25, 0.3) is 0 Å². The maximum Gasteiger partial charge on any atom is 0.321 e. The van der Waals surface area contributed by atoms with Crippen molar-refractivity contribution in [3.05, 3.63) is 5.82 Å². The van der Waals surface area contributed by atoms with Crippen molar-refractivity contribution in [1.29, 1.82) is 0 Å². The molecule has 0 amide bonds. The predicted molar refractivity (Wildman–Crippen MR) is 40.4 cm³/mol. The van der Waals surface area contributed by atoms with E-state index in [1.165, 1.54) is 12.8 Å². The predicted octanol–water partition coefficient (Wildman–Crippen LogP) is 1.38. The second-order valence-electron chi connectivity index (χ2n) is 2.76. The van der Waals surface area contributed by atoms with E-state index in [-0.39, 0.29) is 0 Å². The van der Waals surface area contributed by atoms with Crippen molar-refractivity contribution in [1.82, 2.24) is 10.1 Å². The molecule has 1 aliphatic rings. The van der Waals surface area contributed by atoms with E-state index < -0.39 is 0 Å². The first-order chi connectivity index (χ1) is 5.40. The number of nitrogens with one attached hydrogen (secondary N) is 1. The van der Waals surface area contributed by atoms with E-state index in [1.807, 2.05) is 6.92 Å². The van der Waals surface area contributed by atoms with Gasteiger partial charge in [0.15, 0.2) is 5.82 Å². The largest absolute Gasteiger partial charge is 0.338 e. The summed E-state index contributed by atoms with van der Waals surface area (Å²) >= 11 is 0. The number of hydrogen-bond acceptors (Lipinski definition) is 4. The fourth-order valence-corrected chi connectivity index (χ4v) is 0.965. The van der Waals surface area contributed by atoms with Crippen molar-refractivity contribution >= 4 is 6.01 Å². The van der Waals surface area contributed by atoms with Gasteiger partial charge in [0.2, 0.25) is 0 Å². The SMILES string of the molecule is CCNc1nc(C2CC2)no1. The third kappa shape index (κ3) is 1.34. The first-order valence-electron chi connectivity index (χ1n) is 3.97. The van der Waals surface area contributed by atoms with Gasteiger partial charge < -0.3 is 9.84 Å². The van der Waals surface area contributed by atoms with Crippen LogP contribution in [0.1, 0.15) is 31.5 Å². The van der Waals surface area contributed by atoms with Gasteiger partial charge in [0.1, 0.15) is 0 Å². The van der Waals surface area contributed by atoms with Crippen LogP contribution < -0.4 is 5.32 Å². The van der Waals surface area contributed by atoms with Crippen LogP contribution in [0, 0.1) is 0 Å². The average Bonchev–Trinajstić information content (AvgIpc) is 2.75. The van der Waals surface area contributed by atoms with Gasteiger partial charge in [-0.1, -0.05) is 5.16 Å². The van der Waals surface area contributed by atoms with Crippen LogP contribution in [0.25, 0.3) is 0 Å². The Kier molecular flexibility index (Phi) is 1.52. The summed E-state index contributed by atoms with van der Waals surface area (Å²) in [6.45, 7) is 2.83. The minimum Gasteiger partial charge on any atom is -0.338 e. The Morgan fingerprint density at radius 2 is 2.45 bits per heavy atom. The molecule has 1 aromatic rings. The molecule has 0 unspecified atom stereocenters. The fraction of sp³-hybridized carbons (Fsp3) is 0.714. The molecule has 0 aromatic carbocycles. The van der Waals surface area contributed by atoms with Crippen molar-refractivity contribution in [3.63, 3.8) is 0 Å². The second kappa shape index (κ2) is 2.53. The van der Waals surface area contributed by atoms with Gasteiger partial charge in [-0.3, -0.25) is 0 Å². The van der Waals surface area contributed by atoms with E-state index in [2.05, 4.69) is 15.5 Å². The lowest BCUT2D eigenvalue weighted by molar-refractivity contribution is 0.423. The summed E-state index contributed by atoms with van der Waals surface area (Å²) in [6, 6.07) is 0.550. The second-order valence-corrected chi connectivity index (χ2v) is 2.76. The molecular formula is C7H11N3O. The summed E-state index contributed by atoms with van der Waals surface area (Å²) in [5.74, 6) is 1.44. The lowest BCUT2D eigenvalue weighted by Crippen LogP contribution is -1.96. The van der Waals surface area contributed by atoms with Crippen LogP contribution >= 0.6 is 0 Å². The maximum atomic E-state index is 4.93. The van der Waals surface area contributed by atoms with Gasteiger partial charge in [-0.15, -0.1) is 0 Å². The Hall–Kier alpha value is -1.06. The Labute approximate surface area is 65.0 Å². The molecule has 4 heteroatoms. The highest BCUT2D eigenvalue weighted by atomic mass is 16.5. The van der Waals surface area contributed by atoms with Crippen molar-refractivity contribution in [2.45, 2.75) is 25.7 Å². The highest BCUT2D eigenvalue weighted by Gasteiger charge is 2.28. The van der Waals surface area contributed by atoms with Crippen molar-refractivity contribution in [2.24, 2.45) is 0 Å². The fourth-order valence-electron chi connectivity index (χ4n) is 0.965. The van der Waals surface area contributed by atoms with Crippen LogP contribution in [0.2, 0.25) is 0 Å². The number of nitrogens with zero attached hydrogens (tertiary/aromatic N) is 2. The molecule has 0 saturated heterocycles. The quantitative estimate of drug-likeness (QED) is 0.712. The van der Waals surface area contributed by atoms with Gasteiger partial charge in [-0.05, 0) is 19.8 Å². The van der Waals surface area contributed by atoms with Gasteiger partial charge in [0.05, 0.1) is 0 Å². The van der Waals surface area contributed by atoms with Crippen molar-refractivity contribution in [2.75, 3.05) is 11.9 Å². The zero-order valence-corrected chi connectivity index (χ0v) is 6.50. The zero-order chi connectivity index (χ0) is 7.68. The Bertz CT molecular complexity index is 242. The number of aromatic nitrogens is 2. The minimum absolute atomic E-state index is 0.550. The van der Waals surface area contributed by atoms with E-state index in [0.29, 0.717) is 11.9 Å². The highest BCUT2D eigenvalue weighted by Crippen LogP contribution is 2.38. The normalized spacial score (nSPS) is 16.8. The molecule has 1 aromatic heterocycles. The number of anilines is 1. The molecular weight excluding hydrogens is 142 g/mol. The summed E-state index contributed by atoms with van der Waals surface area (Å²) in [7, 11) is 0. The van der Waals surface area contributed by atoms with Crippen molar-refractivity contribution in [3.8, 4) is 0 Å². The van der Waals surface area contributed by atoms with Gasteiger partial charge in [0, 0.05) is 12.5 Å². The Balaban J connectivity index is 2.06. The number of rotatable bonds is 3. The maximum absolute atomic E-state index is 4.93. The summed E-state index contributed by atoms with van der Waals surface area (Å²) < 4.78 is 4.93. The smallest absolute Gasteiger partial charge is 0.321 e. The molecule has 0 radical (unpaired) electrons. The molecule has 1 fully saturated rings. The molecule has 1 heterocycles. The summed E-state index contributed by atoms with van der Waals surface area (Å²) in [6.07, 6.45) is 2.43. The first kappa shape index (κ1) is 6.64. The summed E-state index contributed by atoms with van der Waals surface area (Å²) in [5, 5.41) is 6.82. The minimum atomic E-state index is 0.550. The summed E-state index contributed by atoms with van der Waals surface area (Å²) in [5.41, 5.74) is 0. The van der Waals surface area contributed by atoms with Crippen LogP contribution in [-0.4, -0.2) is 16.7 Å². The van der Waals surface area contributed by atoms with Crippen LogP contribution in [0.15, 0.2) is 4.52 Å². The lowest BCUT2D eigenvalue weighted by Gasteiger charge is -1.89. The van der Waals surface area contributed by atoms with Gasteiger partial charge in [-0.2, -0.15) is 4.98 Å². The van der Waals surface area contributed by atoms with Crippen LogP contribution in [0.3, 0.4) is 0 Å². The monoisotopic (exact) mass is 153 g/mol. The molecule has 0 bridgehead atoms. The Morgan fingerprint density at radius 1 is 1.64 bits per heavy atom. The molecule has 1 saturated carbocycles. The lowest BCUT2D eigenvalue weighted by atomic mass is 10.4. The molecule has 0 aliphatic heterocycles. The van der Waals surface area contributed by atoms with E-state index in [0.717, 1.165) is 12.4 Å². The third-order valence-electron chi connectivity index (χ3n) is 1.71. The molecule has 1 N–H and O–H groups in total. The molecule has 0 spiro atoms. The van der Waals surface area contributed by atoms with E-state index >= 15 is 0 Å². The molecule has 1 aliphatic carbocycles. The van der Waals surface area contributed by atoms with Crippen LogP contribution in [-0.2, 0) is 0 Å². The zero-order valence-electron chi connectivity index (χ0n) is 6.50. The Morgan fingerprint density at radius 3 is 3.09 bits per heavy atom. The van der Waals surface area contributed by atoms with E-state index in [4.69, 9.17) is 4.52 Å². The van der Waals surface area contributed by atoms with Gasteiger partial charge in [-0.25, -0.2) is 0 Å². The number of hydrogen-bond donors (Lipinski definition) is 1. The standard InChI is InChI=1S/C7H11N3O/c1-2-8-7-9-6(10-11-7)5-3-4-5/h5H,2-4H2,1H3,(H,8,9,10). The van der Waals surface area contributed by atoms with E-state index in [1.54, 1.807) is 0 Å². The van der Waals surface area contributed by atoms with Gasteiger partial charge >= 0.3 is 6.01 Å². The molecule has 11 heavy (non-hydrogen) atoms. The topological polar surface area (TPSA) is 51.0 Å². The van der Waals surface area contributed by atoms with Crippen molar-refractivity contribution < 1.29 is 4.52 Å². The third-order valence-corrected chi connectivity index (χ3v) is 1.71. The summed E-state index contributed by atoms with van der Waals surface area (Å²) in [4.78, 5) is 4.17.